The topological polar surface area (TPSA) is 81.2 Å². The molecule has 24 heavy (non-hydrogen) atoms. The Bertz CT molecular complexity index is 703. The molecule has 0 fully saturated rings. The molecule has 1 amide bonds. The van der Waals surface area contributed by atoms with Gasteiger partial charge in [-0.2, -0.15) is 13.2 Å². The molecule has 2 rings (SSSR count). The Hall–Kier alpha value is -1.80. The molecule has 9 heteroatoms. The van der Waals surface area contributed by atoms with E-state index < -0.39 is 17.5 Å². The summed E-state index contributed by atoms with van der Waals surface area (Å²) in [6.07, 6.45) is -3.52. The Morgan fingerprint density at radius 1 is 1.29 bits per heavy atom. The number of anilines is 1. The van der Waals surface area contributed by atoms with Crippen LogP contribution in [0.15, 0.2) is 22.6 Å². The predicted molar refractivity (Wildman–Crippen MR) is 87.0 cm³/mol. The van der Waals surface area contributed by atoms with Gasteiger partial charge < -0.3 is 15.5 Å². The van der Waals surface area contributed by atoms with E-state index >= 15 is 0 Å². The van der Waals surface area contributed by atoms with Gasteiger partial charge in [0, 0.05) is 12.2 Å². The summed E-state index contributed by atoms with van der Waals surface area (Å²) in [5.74, 6) is -1.57. The lowest BCUT2D eigenvalue weighted by molar-refractivity contribution is -0.156. The standard InChI is InChI=1S/C15H18F3N3O2.ClH/c1-3-14(4-2,8-19)12(22)20-9-5-6-11-10(7-9)21-13(23-11)15(16,17)18;/h5-7H,3-4,8,19H2,1-2H3,(H,20,22);1H. The Morgan fingerprint density at radius 2 is 1.92 bits per heavy atom. The molecule has 0 atom stereocenters. The highest BCUT2D eigenvalue weighted by Gasteiger charge is 2.37. The zero-order valence-electron chi connectivity index (χ0n) is 13.2. The van der Waals surface area contributed by atoms with Crippen LogP contribution >= 0.6 is 12.4 Å². The number of benzene rings is 1. The molecule has 0 unspecified atom stereocenters. The normalized spacial score (nSPS) is 12.1. The number of hydrogen-bond donors (Lipinski definition) is 2. The van der Waals surface area contributed by atoms with Crippen molar-refractivity contribution in [2.75, 3.05) is 11.9 Å². The molecular formula is C15H19ClF3N3O2. The van der Waals surface area contributed by atoms with Gasteiger partial charge in [0.2, 0.25) is 5.91 Å². The number of nitrogens with zero attached hydrogens (tertiary/aromatic N) is 1. The van der Waals surface area contributed by atoms with Gasteiger partial charge in [0.15, 0.2) is 5.58 Å². The van der Waals surface area contributed by atoms with E-state index in [0.29, 0.717) is 18.5 Å². The van der Waals surface area contributed by atoms with Gasteiger partial charge in [0.05, 0.1) is 5.41 Å². The van der Waals surface area contributed by atoms with E-state index in [1.165, 1.54) is 18.2 Å². The zero-order chi connectivity index (χ0) is 17.3. The molecule has 1 aromatic carbocycles. The minimum Gasteiger partial charge on any atom is -0.433 e. The quantitative estimate of drug-likeness (QED) is 0.840. The van der Waals surface area contributed by atoms with E-state index in [-0.39, 0.29) is 36.0 Å². The number of fused-ring (bicyclic) bond motifs is 1. The van der Waals surface area contributed by atoms with Crippen LogP contribution in [-0.2, 0) is 11.0 Å². The number of rotatable bonds is 5. The minimum atomic E-state index is -4.65. The van der Waals surface area contributed by atoms with Crippen molar-refractivity contribution in [2.24, 2.45) is 11.1 Å². The molecule has 0 bridgehead atoms. The summed E-state index contributed by atoms with van der Waals surface area (Å²) in [6.45, 7) is 3.93. The van der Waals surface area contributed by atoms with Gasteiger partial charge in [-0.25, -0.2) is 4.98 Å². The van der Waals surface area contributed by atoms with Gasteiger partial charge in [-0.05, 0) is 31.0 Å². The molecule has 3 N–H and O–H groups in total. The maximum absolute atomic E-state index is 12.6. The second-order valence-corrected chi connectivity index (χ2v) is 5.34. The van der Waals surface area contributed by atoms with Crippen LogP contribution in [0.4, 0.5) is 18.9 Å². The summed E-state index contributed by atoms with van der Waals surface area (Å²) in [4.78, 5) is 15.8. The number of aromatic nitrogens is 1. The van der Waals surface area contributed by atoms with Gasteiger partial charge in [0.1, 0.15) is 5.52 Å². The van der Waals surface area contributed by atoms with Crippen LogP contribution in [0.1, 0.15) is 32.6 Å². The number of hydrogen-bond acceptors (Lipinski definition) is 4. The second-order valence-electron chi connectivity index (χ2n) is 5.34. The fraction of sp³-hybridized carbons (Fsp3) is 0.467. The Kier molecular flexibility index (Phi) is 6.24. The number of halogens is 4. The van der Waals surface area contributed by atoms with Crippen molar-refractivity contribution < 1.29 is 22.4 Å². The van der Waals surface area contributed by atoms with Crippen LogP contribution in [0.2, 0.25) is 0 Å². The first-order chi connectivity index (χ1) is 10.8. The number of carbonyl (C=O) groups is 1. The van der Waals surface area contributed by atoms with Crippen LogP contribution in [-0.4, -0.2) is 17.4 Å². The highest BCUT2D eigenvalue weighted by molar-refractivity contribution is 5.96. The summed E-state index contributed by atoms with van der Waals surface area (Å²) in [6, 6.07) is 4.16. The number of nitrogens with two attached hydrogens (primary N) is 1. The zero-order valence-corrected chi connectivity index (χ0v) is 14.1. The van der Waals surface area contributed by atoms with Gasteiger partial charge in [-0.15, -0.1) is 12.4 Å². The largest absolute Gasteiger partial charge is 0.468 e. The first kappa shape index (κ1) is 20.2. The number of nitrogens with one attached hydrogen (secondary N) is 1. The van der Waals surface area contributed by atoms with Crippen LogP contribution in [0, 0.1) is 5.41 Å². The molecule has 0 aliphatic heterocycles. The fourth-order valence-corrected chi connectivity index (χ4v) is 2.34. The predicted octanol–water partition coefficient (Wildman–Crippen LogP) is 3.97. The number of oxazole rings is 1. The van der Waals surface area contributed by atoms with Gasteiger partial charge in [-0.3, -0.25) is 4.79 Å². The van der Waals surface area contributed by atoms with Gasteiger partial charge in [-0.1, -0.05) is 13.8 Å². The van der Waals surface area contributed by atoms with Crippen LogP contribution in [0.5, 0.6) is 0 Å². The molecule has 0 aliphatic carbocycles. The van der Waals surface area contributed by atoms with Crippen molar-refractivity contribution in [3.05, 3.63) is 24.1 Å². The number of alkyl halides is 3. The summed E-state index contributed by atoms with van der Waals surface area (Å²) >= 11 is 0. The molecule has 0 spiro atoms. The van der Waals surface area contributed by atoms with Crippen molar-refractivity contribution in [1.82, 2.24) is 4.98 Å². The summed E-state index contributed by atoms with van der Waals surface area (Å²) in [5, 5.41) is 2.69. The number of amides is 1. The number of carbonyl (C=O) groups excluding carboxylic acids is 1. The summed E-state index contributed by atoms with van der Waals surface area (Å²) in [5.41, 5.74) is 5.40. The van der Waals surface area contributed by atoms with Gasteiger partial charge >= 0.3 is 12.1 Å². The molecule has 0 aliphatic rings. The molecule has 134 valence electrons. The highest BCUT2D eigenvalue weighted by Crippen LogP contribution is 2.32. The van der Waals surface area contributed by atoms with Crippen LogP contribution in [0.3, 0.4) is 0 Å². The van der Waals surface area contributed by atoms with E-state index in [1.54, 1.807) is 0 Å². The molecule has 0 radical (unpaired) electrons. The minimum absolute atomic E-state index is 0. The maximum atomic E-state index is 12.6. The fourth-order valence-electron chi connectivity index (χ4n) is 2.34. The van der Waals surface area contributed by atoms with Crippen molar-refractivity contribution in [3.8, 4) is 0 Å². The Labute approximate surface area is 143 Å². The van der Waals surface area contributed by atoms with Crippen molar-refractivity contribution >= 4 is 35.1 Å². The van der Waals surface area contributed by atoms with Crippen LogP contribution < -0.4 is 11.1 Å². The third-order valence-corrected chi connectivity index (χ3v) is 4.11. The van der Waals surface area contributed by atoms with E-state index in [4.69, 9.17) is 5.73 Å². The van der Waals surface area contributed by atoms with E-state index in [1.807, 2.05) is 13.8 Å². The van der Waals surface area contributed by atoms with E-state index in [2.05, 4.69) is 14.7 Å². The molecule has 1 aromatic heterocycles. The maximum Gasteiger partial charge on any atom is 0.468 e. The first-order valence-electron chi connectivity index (χ1n) is 7.25. The average molecular weight is 366 g/mol. The Balaban J connectivity index is 0.00000288. The smallest absolute Gasteiger partial charge is 0.433 e. The van der Waals surface area contributed by atoms with Gasteiger partial charge in [0.25, 0.3) is 0 Å². The summed E-state index contributed by atoms with van der Waals surface area (Å²) < 4.78 is 42.4. The molecule has 0 saturated carbocycles. The molecule has 5 nitrogen and oxygen atoms in total. The highest BCUT2D eigenvalue weighted by atomic mass is 35.5. The lowest BCUT2D eigenvalue weighted by Crippen LogP contribution is -2.41. The van der Waals surface area contributed by atoms with Crippen molar-refractivity contribution in [3.63, 3.8) is 0 Å². The van der Waals surface area contributed by atoms with E-state index in [0.717, 1.165) is 0 Å². The molecule has 1 heterocycles. The van der Waals surface area contributed by atoms with Crippen molar-refractivity contribution in [1.29, 1.82) is 0 Å². The lowest BCUT2D eigenvalue weighted by atomic mass is 9.81. The average Bonchev–Trinajstić information content (AvgIpc) is 2.93. The lowest BCUT2D eigenvalue weighted by Gasteiger charge is -2.28. The molecule has 0 saturated heterocycles. The SMILES string of the molecule is CCC(CC)(CN)C(=O)Nc1ccc2oc(C(F)(F)F)nc2c1.Cl. The third-order valence-electron chi connectivity index (χ3n) is 4.11. The monoisotopic (exact) mass is 365 g/mol. The van der Waals surface area contributed by atoms with E-state index in [9.17, 15) is 18.0 Å². The second kappa shape index (κ2) is 7.40. The van der Waals surface area contributed by atoms with Crippen LogP contribution in [0.25, 0.3) is 11.1 Å². The first-order valence-corrected chi connectivity index (χ1v) is 7.25. The van der Waals surface area contributed by atoms with Crippen molar-refractivity contribution in [2.45, 2.75) is 32.9 Å². The molecular weight excluding hydrogens is 347 g/mol. The third kappa shape index (κ3) is 3.81. The summed E-state index contributed by atoms with van der Waals surface area (Å²) in [7, 11) is 0. The Morgan fingerprint density at radius 3 is 2.42 bits per heavy atom. The molecule has 2 aromatic rings.